The summed E-state index contributed by atoms with van der Waals surface area (Å²) in [5.41, 5.74) is 6.01. The molecule has 21 heavy (non-hydrogen) atoms. The molecule has 0 bridgehead atoms. The summed E-state index contributed by atoms with van der Waals surface area (Å²) in [6, 6.07) is 5.12. The fourth-order valence-corrected chi connectivity index (χ4v) is 3.30. The van der Waals surface area contributed by atoms with Crippen LogP contribution in [0.1, 0.15) is 12.5 Å². The lowest BCUT2D eigenvalue weighted by Crippen LogP contribution is -2.36. The largest absolute Gasteiger partial charge is 0.326 e. The summed E-state index contributed by atoms with van der Waals surface area (Å²) in [5, 5.41) is 4.00. The number of nitrogens with one attached hydrogen (secondary N) is 1. The van der Waals surface area contributed by atoms with E-state index in [1.54, 1.807) is 30.1 Å². The van der Waals surface area contributed by atoms with E-state index in [4.69, 9.17) is 5.73 Å². The summed E-state index contributed by atoms with van der Waals surface area (Å²) in [7, 11) is -3.95. The molecule has 0 spiro atoms. The third-order valence-corrected chi connectivity index (χ3v) is 4.50. The van der Waals surface area contributed by atoms with Crippen molar-refractivity contribution in [1.82, 2.24) is 14.5 Å². The number of hydrogen-bond acceptors (Lipinski definition) is 4. The fourth-order valence-electron chi connectivity index (χ4n) is 1.94. The molecule has 2 aromatic rings. The number of nitrogens with zero attached hydrogens (tertiary/aromatic N) is 2. The molecule has 1 aromatic heterocycles. The number of halogens is 1. The van der Waals surface area contributed by atoms with Crippen molar-refractivity contribution in [3.05, 3.63) is 48.0 Å². The van der Waals surface area contributed by atoms with Crippen molar-refractivity contribution in [2.45, 2.75) is 31.0 Å². The van der Waals surface area contributed by atoms with Crippen LogP contribution in [-0.4, -0.2) is 24.2 Å². The van der Waals surface area contributed by atoms with Gasteiger partial charge in [-0.2, -0.15) is 5.10 Å². The molecule has 0 aliphatic carbocycles. The first-order chi connectivity index (χ1) is 9.92. The Bertz CT molecular complexity index is 701. The van der Waals surface area contributed by atoms with Gasteiger partial charge in [-0.25, -0.2) is 17.5 Å². The summed E-state index contributed by atoms with van der Waals surface area (Å²) >= 11 is 0. The number of rotatable bonds is 6. The van der Waals surface area contributed by atoms with Crippen molar-refractivity contribution in [1.29, 1.82) is 0 Å². The van der Waals surface area contributed by atoms with E-state index in [0.717, 1.165) is 6.07 Å². The molecule has 6 nitrogen and oxygen atoms in total. The van der Waals surface area contributed by atoms with Crippen LogP contribution in [0.4, 0.5) is 4.39 Å². The maximum absolute atomic E-state index is 13.8. The number of aromatic nitrogens is 2. The third kappa shape index (κ3) is 3.87. The lowest BCUT2D eigenvalue weighted by Gasteiger charge is -2.15. The second-order valence-electron chi connectivity index (χ2n) is 4.72. The SMILES string of the molecule is CC(Cn1cccn1)NS(=O)(=O)c1cc(CN)ccc1F. The zero-order valence-corrected chi connectivity index (χ0v) is 12.3. The van der Waals surface area contributed by atoms with Gasteiger partial charge in [0.2, 0.25) is 10.0 Å². The minimum atomic E-state index is -3.95. The number of benzene rings is 1. The molecule has 0 saturated heterocycles. The zero-order valence-electron chi connectivity index (χ0n) is 11.5. The van der Waals surface area contributed by atoms with E-state index < -0.39 is 26.8 Å². The molecular formula is C13H17FN4O2S. The maximum Gasteiger partial charge on any atom is 0.243 e. The minimum absolute atomic E-state index is 0.144. The predicted octanol–water partition coefficient (Wildman–Crippen LogP) is 0.848. The van der Waals surface area contributed by atoms with Crippen molar-refractivity contribution in [3.8, 4) is 0 Å². The zero-order chi connectivity index (χ0) is 15.5. The molecule has 1 unspecified atom stereocenters. The molecular weight excluding hydrogens is 295 g/mol. The van der Waals surface area contributed by atoms with Gasteiger partial charge in [-0.05, 0) is 30.7 Å². The number of sulfonamides is 1. The lowest BCUT2D eigenvalue weighted by molar-refractivity contribution is 0.490. The Balaban J connectivity index is 2.18. The molecule has 0 aliphatic heterocycles. The molecule has 0 aliphatic rings. The van der Waals surface area contributed by atoms with Crippen LogP contribution in [-0.2, 0) is 23.1 Å². The smallest absolute Gasteiger partial charge is 0.243 e. The summed E-state index contributed by atoms with van der Waals surface area (Å²) in [4.78, 5) is -0.391. The van der Waals surface area contributed by atoms with Crippen LogP contribution in [0.2, 0.25) is 0 Å². The Labute approximate surface area is 122 Å². The molecule has 8 heteroatoms. The van der Waals surface area contributed by atoms with Gasteiger partial charge in [-0.3, -0.25) is 4.68 Å². The van der Waals surface area contributed by atoms with Crippen LogP contribution in [0, 0.1) is 5.82 Å². The molecule has 114 valence electrons. The third-order valence-electron chi connectivity index (χ3n) is 2.90. The van der Waals surface area contributed by atoms with Gasteiger partial charge < -0.3 is 5.73 Å². The second-order valence-corrected chi connectivity index (χ2v) is 6.40. The standard InChI is InChI=1S/C13H17FN4O2S/c1-10(9-18-6-2-5-16-18)17-21(19,20)13-7-11(8-15)3-4-12(13)14/h2-7,10,17H,8-9,15H2,1H3. The van der Waals surface area contributed by atoms with Crippen LogP contribution in [0.3, 0.4) is 0 Å². The van der Waals surface area contributed by atoms with E-state index in [-0.39, 0.29) is 6.54 Å². The number of nitrogens with two attached hydrogens (primary N) is 1. The normalized spacial score (nSPS) is 13.3. The fraction of sp³-hybridized carbons (Fsp3) is 0.308. The van der Waals surface area contributed by atoms with Gasteiger partial charge >= 0.3 is 0 Å². The van der Waals surface area contributed by atoms with Gasteiger partial charge in [0.1, 0.15) is 10.7 Å². The quantitative estimate of drug-likeness (QED) is 0.827. The van der Waals surface area contributed by atoms with E-state index in [1.807, 2.05) is 0 Å². The molecule has 0 fully saturated rings. The molecule has 0 amide bonds. The highest BCUT2D eigenvalue weighted by Crippen LogP contribution is 2.16. The first-order valence-electron chi connectivity index (χ1n) is 6.40. The van der Waals surface area contributed by atoms with E-state index >= 15 is 0 Å². The maximum atomic E-state index is 13.8. The van der Waals surface area contributed by atoms with Gasteiger partial charge in [0.15, 0.2) is 0 Å². The summed E-state index contributed by atoms with van der Waals surface area (Å²) in [5.74, 6) is -0.800. The van der Waals surface area contributed by atoms with E-state index in [2.05, 4.69) is 9.82 Å². The highest BCUT2D eigenvalue weighted by molar-refractivity contribution is 7.89. The first-order valence-corrected chi connectivity index (χ1v) is 7.89. The van der Waals surface area contributed by atoms with Gasteiger partial charge in [-0.15, -0.1) is 0 Å². The molecule has 1 aromatic carbocycles. The van der Waals surface area contributed by atoms with Crippen molar-refractivity contribution >= 4 is 10.0 Å². The van der Waals surface area contributed by atoms with E-state index in [1.165, 1.54) is 12.1 Å². The Morgan fingerprint density at radius 2 is 2.24 bits per heavy atom. The van der Waals surface area contributed by atoms with Gasteiger partial charge in [0, 0.05) is 25.0 Å². The average Bonchev–Trinajstić information content (AvgIpc) is 2.91. The van der Waals surface area contributed by atoms with Crippen LogP contribution >= 0.6 is 0 Å². The molecule has 0 saturated carbocycles. The van der Waals surface area contributed by atoms with Gasteiger partial charge in [-0.1, -0.05) is 6.07 Å². The highest BCUT2D eigenvalue weighted by Gasteiger charge is 2.22. The number of hydrogen-bond donors (Lipinski definition) is 2. The van der Waals surface area contributed by atoms with Crippen LogP contribution in [0.15, 0.2) is 41.6 Å². The lowest BCUT2D eigenvalue weighted by atomic mass is 10.2. The minimum Gasteiger partial charge on any atom is -0.326 e. The van der Waals surface area contributed by atoms with E-state index in [9.17, 15) is 12.8 Å². The highest BCUT2D eigenvalue weighted by atomic mass is 32.2. The monoisotopic (exact) mass is 312 g/mol. The van der Waals surface area contributed by atoms with Crippen molar-refractivity contribution < 1.29 is 12.8 Å². The van der Waals surface area contributed by atoms with Crippen molar-refractivity contribution in [2.75, 3.05) is 0 Å². The predicted molar refractivity (Wildman–Crippen MR) is 76.3 cm³/mol. The van der Waals surface area contributed by atoms with Crippen LogP contribution < -0.4 is 10.5 Å². The van der Waals surface area contributed by atoms with Crippen LogP contribution in [0.5, 0.6) is 0 Å². The Kier molecular flexibility index (Phi) is 4.71. The van der Waals surface area contributed by atoms with Gasteiger partial charge in [0.25, 0.3) is 0 Å². The van der Waals surface area contributed by atoms with E-state index in [0.29, 0.717) is 12.1 Å². The summed E-state index contributed by atoms with van der Waals surface area (Å²) in [6.45, 7) is 2.18. The molecule has 2 rings (SSSR count). The first kappa shape index (κ1) is 15.6. The summed E-state index contributed by atoms with van der Waals surface area (Å²) in [6.07, 6.45) is 3.33. The molecule has 3 N–H and O–H groups in total. The second kappa shape index (κ2) is 6.33. The summed E-state index contributed by atoms with van der Waals surface area (Å²) < 4.78 is 42.3. The molecule has 1 heterocycles. The van der Waals surface area contributed by atoms with Crippen molar-refractivity contribution in [3.63, 3.8) is 0 Å². The Hall–Kier alpha value is -1.77. The van der Waals surface area contributed by atoms with Gasteiger partial charge in [0.05, 0.1) is 6.54 Å². The topological polar surface area (TPSA) is 90.0 Å². The van der Waals surface area contributed by atoms with Crippen molar-refractivity contribution in [2.24, 2.45) is 5.73 Å². The van der Waals surface area contributed by atoms with Crippen LogP contribution in [0.25, 0.3) is 0 Å². The molecule has 0 radical (unpaired) electrons. The average molecular weight is 312 g/mol. The molecule has 1 atom stereocenters. The Morgan fingerprint density at radius 3 is 2.86 bits per heavy atom. The Morgan fingerprint density at radius 1 is 1.48 bits per heavy atom.